The first kappa shape index (κ1) is 15.9. The molecule has 1 aromatic carbocycles. The molecule has 0 radical (unpaired) electrons. The van der Waals surface area contributed by atoms with Crippen LogP contribution in [-0.2, 0) is 13.6 Å². The lowest BCUT2D eigenvalue weighted by Crippen LogP contribution is -2.28. The Labute approximate surface area is 176 Å². The first-order valence-corrected chi connectivity index (χ1v) is 8.98. The van der Waals surface area contributed by atoms with Crippen LogP contribution >= 0.6 is 0 Å². The van der Waals surface area contributed by atoms with E-state index in [1.54, 1.807) is 20.0 Å². The SMILES string of the molecule is [2H]C([2H])([2H])N1Cc2nn(C)c([N+]#[C-])c2-c2cnc(N)c(c2)O[C@H](C)c2cc(F)ccc2C1=O. The molecule has 0 saturated heterocycles. The van der Waals surface area contributed by atoms with E-state index in [-0.39, 0.29) is 34.2 Å². The van der Waals surface area contributed by atoms with Gasteiger partial charge in [-0.15, -0.1) is 5.10 Å². The Hall–Kier alpha value is -3.93. The maximum absolute atomic E-state index is 14.1. The highest BCUT2D eigenvalue weighted by atomic mass is 19.1. The van der Waals surface area contributed by atoms with Gasteiger partial charge in [0.25, 0.3) is 11.7 Å². The zero-order chi connectivity index (χ0) is 24.1. The Morgan fingerprint density at radius 3 is 2.97 bits per heavy atom. The molecule has 1 amide bonds. The predicted octanol–water partition coefficient (Wildman–Crippen LogP) is 3.48. The number of nitrogens with two attached hydrogens (primary N) is 1. The number of nitrogen functional groups attached to an aromatic ring is 1. The fourth-order valence-electron chi connectivity index (χ4n) is 3.48. The number of pyridine rings is 1. The number of halogens is 1. The van der Waals surface area contributed by atoms with Crippen molar-refractivity contribution in [1.82, 2.24) is 19.7 Å². The number of nitrogens with zero attached hydrogens (tertiary/aromatic N) is 5. The Kier molecular flexibility index (Phi) is 3.80. The lowest BCUT2D eigenvalue weighted by atomic mass is 10.0. The van der Waals surface area contributed by atoms with Gasteiger partial charge in [-0.1, -0.05) is 6.57 Å². The maximum atomic E-state index is 14.1. The number of anilines is 1. The van der Waals surface area contributed by atoms with Crippen molar-refractivity contribution in [2.75, 3.05) is 12.7 Å². The molecule has 4 rings (SSSR count). The topological polar surface area (TPSA) is 90.6 Å². The quantitative estimate of drug-likeness (QED) is 0.574. The summed E-state index contributed by atoms with van der Waals surface area (Å²) in [4.78, 5) is 21.8. The first-order valence-electron chi connectivity index (χ1n) is 10.5. The van der Waals surface area contributed by atoms with Gasteiger partial charge < -0.3 is 20.2 Å². The van der Waals surface area contributed by atoms with E-state index in [0.29, 0.717) is 16.0 Å². The second kappa shape index (κ2) is 7.15. The van der Waals surface area contributed by atoms with Crippen molar-refractivity contribution in [1.29, 1.82) is 0 Å². The molecule has 2 bridgehead atoms. The van der Waals surface area contributed by atoms with Crippen LogP contribution in [0.15, 0.2) is 30.5 Å². The van der Waals surface area contributed by atoms with Gasteiger partial charge in [0.2, 0.25) is 0 Å². The summed E-state index contributed by atoms with van der Waals surface area (Å²) in [6.45, 7) is 5.91. The molecule has 30 heavy (non-hydrogen) atoms. The molecule has 1 aliphatic heterocycles. The Morgan fingerprint density at radius 2 is 2.23 bits per heavy atom. The van der Waals surface area contributed by atoms with E-state index < -0.39 is 31.3 Å². The molecule has 0 unspecified atom stereocenters. The van der Waals surface area contributed by atoms with Gasteiger partial charge in [0.05, 0.1) is 13.6 Å². The second-order valence-electron chi connectivity index (χ2n) is 6.87. The zero-order valence-corrected chi connectivity index (χ0v) is 16.2. The van der Waals surface area contributed by atoms with E-state index in [2.05, 4.69) is 14.9 Å². The van der Waals surface area contributed by atoms with Crippen LogP contribution in [0.3, 0.4) is 0 Å². The monoisotopic (exact) mass is 409 g/mol. The number of aryl methyl sites for hydroxylation is 1. The summed E-state index contributed by atoms with van der Waals surface area (Å²) >= 11 is 0. The van der Waals surface area contributed by atoms with Gasteiger partial charge in [0, 0.05) is 34.0 Å². The van der Waals surface area contributed by atoms with Gasteiger partial charge in [-0.3, -0.25) is 4.79 Å². The third-order valence-corrected chi connectivity index (χ3v) is 4.90. The number of amides is 1. The van der Waals surface area contributed by atoms with Gasteiger partial charge in [-0.2, -0.15) is 0 Å². The summed E-state index contributed by atoms with van der Waals surface area (Å²) in [5, 5.41) is 4.31. The first-order chi connectivity index (χ1) is 15.5. The number of carbonyl (C=O) groups excluding carboxylic acids is 1. The summed E-state index contributed by atoms with van der Waals surface area (Å²) in [5.41, 5.74) is 7.02. The summed E-state index contributed by atoms with van der Waals surface area (Å²) in [7, 11) is 1.54. The third-order valence-electron chi connectivity index (χ3n) is 4.90. The molecular formula is C21H19FN6O2. The molecule has 2 aromatic heterocycles. The Bertz CT molecular complexity index is 1310. The Morgan fingerprint density at radius 1 is 1.43 bits per heavy atom. The van der Waals surface area contributed by atoms with Crippen LogP contribution in [0.5, 0.6) is 5.75 Å². The van der Waals surface area contributed by atoms with Gasteiger partial charge in [-0.25, -0.2) is 14.1 Å². The van der Waals surface area contributed by atoms with Crippen molar-refractivity contribution < 1.29 is 18.0 Å². The molecule has 3 heterocycles. The van der Waals surface area contributed by atoms with Crippen LogP contribution in [0.25, 0.3) is 16.0 Å². The van der Waals surface area contributed by atoms with E-state index in [1.807, 2.05) is 0 Å². The highest BCUT2D eigenvalue weighted by Crippen LogP contribution is 2.38. The number of carbonyl (C=O) groups is 1. The average Bonchev–Trinajstić information content (AvgIpc) is 3.06. The number of fused-ring (bicyclic) bond motifs is 5. The van der Waals surface area contributed by atoms with Crippen LogP contribution in [0, 0.1) is 12.4 Å². The fourth-order valence-corrected chi connectivity index (χ4v) is 3.48. The molecule has 9 heteroatoms. The minimum atomic E-state index is -2.84. The van der Waals surface area contributed by atoms with Crippen molar-refractivity contribution in [3.05, 3.63) is 64.5 Å². The zero-order valence-electron chi connectivity index (χ0n) is 19.2. The number of aromatic nitrogens is 3. The largest absolute Gasteiger partial charge is 0.482 e. The molecule has 152 valence electrons. The van der Waals surface area contributed by atoms with Crippen molar-refractivity contribution in [3.63, 3.8) is 0 Å². The minimum Gasteiger partial charge on any atom is -0.482 e. The van der Waals surface area contributed by atoms with E-state index in [1.165, 1.54) is 16.9 Å². The highest BCUT2D eigenvalue weighted by Gasteiger charge is 2.27. The molecular weight excluding hydrogens is 387 g/mol. The van der Waals surface area contributed by atoms with Gasteiger partial charge in [0.1, 0.15) is 17.6 Å². The molecule has 1 atom stereocenters. The van der Waals surface area contributed by atoms with Gasteiger partial charge >= 0.3 is 0 Å². The predicted molar refractivity (Wildman–Crippen MR) is 108 cm³/mol. The molecule has 2 N–H and O–H groups in total. The molecule has 0 spiro atoms. The average molecular weight is 409 g/mol. The number of rotatable bonds is 0. The molecule has 1 aliphatic rings. The molecule has 0 fully saturated rings. The lowest BCUT2D eigenvalue weighted by molar-refractivity contribution is 0.0778. The van der Waals surface area contributed by atoms with Crippen LogP contribution in [0.4, 0.5) is 16.0 Å². The molecule has 0 aliphatic carbocycles. The molecule has 3 aromatic rings. The van der Waals surface area contributed by atoms with Crippen LogP contribution in [0.1, 0.15) is 38.8 Å². The van der Waals surface area contributed by atoms with Crippen molar-refractivity contribution in [3.8, 4) is 16.9 Å². The van der Waals surface area contributed by atoms with E-state index >= 15 is 0 Å². The standard InChI is InChI=1S/C21H19FN6O2/c1-11-15-8-13(22)5-6-14(15)21(29)27(3)10-16-18(20(24-2)28(4)26-16)12-7-17(30-11)19(23)25-9-12/h5-9,11H,10H2,1,3-4H3,(H2,23,25)/t11-/m1/s1/i3D3. The highest BCUT2D eigenvalue weighted by molar-refractivity contribution is 5.96. The van der Waals surface area contributed by atoms with Crippen LogP contribution in [-0.4, -0.2) is 32.5 Å². The lowest BCUT2D eigenvalue weighted by Gasteiger charge is -2.23. The third kappa shape index (κ3) is 3.12. The number of hydrogen-bond donors (Lipinski definition) is 1. The van der Waals surface area contributed by atoms with Gasteiger partial charge in [-0.05, 0) is 36.8 Å². The number of hydrogen-bond acceptors (Lipinski definition) is 5. The summed E-state index contributed by atoms with van der Waals surface area (Å²) in [6.07, 6.45) is 0.550. The number of ether oxygens (including phenoxy) is 1. The summed E-state index contributed by atoms with van der Waals surface area (Å²) < 4.78 is 45.2. The molecule has 8 nitrogen and oxygen atoms in total. The van der Waals surface area contributed by atoms with Crippen LogP contribution < -0.4 is 10.5 Å². The Balaban J connectivity index is 2.04. The van der Waals surface area contributed by atoms with Crippen molar-refractivity contribution in [2.45, 2.75) is 19.6 Å². The van der Waals surface area contributed by atoms with Crippen molar-refractivity contribution >= 4 is 17.5 Å². The van der Waals surface area contributed by atoms with Crippen LogP contribution in [0.2, 0.25) is 0 Å². The van der Waals surface area contributed by atoms with Crippen molar-refractivity contribution in [2.24, 2.45) is 7.05 Å². The van der Waals surface area contributed by atoms with E-state index in [9.17, 15) is 9.18 Å². The van der Waals surface area contributed by atoms with E-state index in [4.69, 9.17) is 21.2 Å². The number of benzene rings is 1. The maximum Gasteiger partial charge on any atom is 0.260 e. The fraction of sp³-hybridized carbons (Fsp3) is 0.238. The smallest absolute Gasteiger partial charge is 0.260 e. The summed E-state index contributed by atoms with van der Waals surface area (Å²) in [6, 6.07) is 4.99. The summed E-state index contributed by atoms with van der Waals surface area (Å²) in [5.74, 6) is -1.10. The minimum absolute atomic E-state index is 0.0360. The van der Waals surface area contributed by atoms with Gasteiger partial charge in [0.15, 0.2) is 11.6 Å². The second-order valence-corrected chi connectivity index (χ2v) is 6.87. The van der Waals surface area contributed by atoms with E-state index in [0.717, 1.165) is 12.1 Å². The molecule has 0 saturated carbocycles. The normalized spacial score (nSPS) is 17.8.